The third-order valence-electron chi connectivity index (χ3n) is 0.964. The fraction of sp³-hybridized carbons (Fsp3) is 0.800. The highest BCUT2D eigenvalue weighted by atomic mass is 16.3. The van der Waals surface area contributed by atoms with E-state index in [1.54, 1.807) is 0 Å². The number of rotatable bonds is 4. The first-order valence-corrected chi connectivity index (χ1v) is 2.61. The fourth-order valence-corrected chi connectivity index (χ4v) is 0.416. The van der Waals surface area contributed by atoms with Crippen molar-refractivity contribution in [2.75, 3.05) is 13.2 Å². The zero-order valence-electron chi connectivity index (χ0n) is 4.71. The minimum atomic E-state index is -0.250. The van der Waals surface area contributed by atoms with Crippen molar-refractivity contribution in [3.63, 3.8) is 0 Å². The lowest BCUT2D eigenvalue weighted by Gasteiger charge is -2.00. The Kier molecular flexibility index (Phi) is 4.50. The molecule has 0 aliphatic rings. The van der Waals surface area contributed by atoms with Gasteiger partial charge in [0.2, 0.25) is 0 Å². The number of hydrogen-bond acceptors (Lipinski definition) is 3. The lowest BCUT2D eigenvalue weighted by atomic mass is 10.1. The van der Waals surface area contributed by atoms with E-state index in [0.29, 0.717) is 13.0 Å². The van der Waals surface area contributed by atoms with E-state index in [1.165, 1.54) is 0 Å². The largest absolute Gasteiger partial charge is 0.396 e. The van der Waals surface area contributed by atoms with Crippen molar-refractivity contribution >= 4 is 6.29 Å². The lowest BCUT2D eigenvalue weighted by Crippen LogP contribution is -2.13. The predicted molar refractivity (Wildman–Crippen MR) is 30.3 cm³/mol. The number of aliphatic hydroxyl groups is 1. The van der Waals surface area contributed by atoms with Gasteiger partial charge >= 0.3 is 0 Å². The monoisotopic (exact) mass is 117 g/mol. The van der Waals surface area contributed by atoms with Crippen LogP contribution < -0.4 is 5.73 Å². The molecule has 48 valence electrons. The fourth-order valence-electron chi connectivity index (χ4n) is 0.416. The SMILES string of the molecule is NCCC(C=O)CO. The Morgan fingerprint density at radius 3 is 2.50 bits per heavy atom. The Balaban J connectivity index is 3.21. The molecule has 0 bridgehead atoms. The van der Waals surface area contributed by atoms with Crippen LogP contribution in [0.5, 0.6) is 0 Å². The molecule has 0 heterocycles. The highest BCUT2D eigenvalue weighted by Crippen LogP contribution is 1.93. The summed E-state index contributed by atoms with van der Waals surface area (Å²) in [5.41, 5.74) is 5.11. The van der Waals surface area contributed by atoms with Crippen LogP contribution in [0.2, 0.25) is 0 Å². The summed E-state index contributed by atoms with van der Waals surface area (Å²) in [7, 11) is 0. The van der Waals surface area contributed by atoms with Crippen LogP contribution in [-0.2, 0) is 4.79 Å². The number of aldehydes is 1. The van der Waals surface area contributed by atoms with Gasteiger partial charge in [0.25, 0.3) is 0 Å². The molecule has 0 radical (unpaired) electrons. The highest BCUT2D eigenvalue weighted by Gasteiger charge is 2.01. The lowest BCUT2D eigenvalue weighted by molar-refractivity contribution is -0.112. The first kappa shape index (κ1) is 7.59. The zero-order valence-corrected chi connectivity index (χ0v) is 4.71. The van der Waals surface area contributed by atoms with E-state index in [2.05, 4.69) is 0 Å². The second-order valence-corrected chi connectivity index (χ2v) is 1.66. The molecule has 3 nitrogen and oxygen atoms in total. The molecule has 1 atom stereocenters. The smallest absolute Gasteiger partial charge is 0.125 e. The van der Waals surface area contributed by atoms with Gasteiger partial charge in [-0.05, 0) is 13.0 Å². The van der Waals surface area contributed by atoms with Crippen LogP contribution in [0.1, 0.15) is 6.42 Å². The van der Waals surface area contributed by atoms with Crippen molar-refractivity contribution in [3.05, 3.63) is 0 Å². The molecule has 1 unspecified atom stereocenters. The first-order chi connectivity index (χ1) is 3.85. The number of carbonyl (C=O) groups excluding carboxylic acids is 1. The topological polar surface area (TPSA) is 63.3 Å². The van der Waals surface area contributed by atoms with E-state index < -0.39 is 0 Å². The summed E-state index contributed by atoms with van der Waals surface area (Å²) in [6.45, 7) is 0.380. The summed E-state index contributed by atoms with van der Waals surface area (Å²) < 4.78 is 0. The summed E-state index contributed by atoms with van der Waals surface area (Å²) in [6, 6.07) is 0. The normalized spacial score (nSPS) is 13.2. The Morgan fingerprint density at radius 2 is 2.38 bits per heavy atom. The van der Waals surface area contributed by atoms with Gasteiger partial charge in [0, 0.05) is 5.92 Å². The van der Waals surface area contributed by atoms with Gasteiger partial charge in [-0.15, -0.1) is 0 Å². The molecule has 3 N–H and O–H groups in total. The van der Waals surface area contributed by atoms with Gasteiger partial charge in [0.05, 0.1) is 6.61 Å². The molecule has 0 aromatic rings. The predicted octanol–water partition coefficient (Wildman–Crippen LogP) is -0.857. The summed E-state index contributed by atoms with van der Waals surface area (Å²) in [6.07, 6.45) is 1.31. The van der Waals surface area contributed by atoms with Crippen LogP contribution in [0.25, 0.3) is 0 Å². The number of carbonyl (C=O) groups is 1. The van der Waals surface area contributed by atoms with E-state index in [-0.39, 0.29) is 12.5 Å². The highest BCUT2D eigenvalue weighted by molar-refractivity contribution is 5.53. The zero-order chi connectivity index (χ0) is 6.41. The average molecular weight is 117 g/mol. The third kappa shape index (κ3) is 2.71. The summed E-state index contributed by atoms with van der Waals surface area (Å²) in [5.74, 6) is -0.250. The maximum atomic E-state index is 9.91. The van der Waals surface area contributed by atoms with E-state index in [1.807, 2.05) is 0 Å². The minimum absolute atomic E-state index is 0.0826. The molecule has 0 aromatic heterocycles. The van der Waals surface area contributed by atoms with Gasteiger partial charge in [0.1, 0.15) is 6.29 Å². The Morgan fingerprint density at radius 1 is 1.75 bits per heavy atom. The molecule has 0 saturated heterocycles. The van der Waals surface area contributed by atoms with E-state index in [4.69, 9.17) is 10.8 Å². The molecule has 0 spiro atoms. The van der Waals surface area contributed by atoms with Crippen LogP contribution in [0, 0.1) is 5.92 Å². The van der Waals surface area contributed by atoms with E-state index in [0.717, 1.165) is 6.29 Å². The molecule has 0 saturated carbocycles. The maximum Gasteiger partial charge on any atom is 0.125 e. The molecule has 3 heteroatoms. The van der Waals surface area contributed by atoms with Gasteiger partial charge in [-0.2, -0.15) is 0 Å². The summed E-state index contributed by atoms with van der Waals surface area (Å²) >= 11 is 0. The van der Waals surface area contributed by atoms with Gasteiger partial charge in [-0.25, -0.2) is 0 Å². The second-order valence-electron chi connectivity index (χ2n) is 1.66. The van der Waals surface area contributed by atoms with Crippen LogP contribution in [0.3, 0.4) is 0 Å². The minimum Gasteiger partial charge on any atom is -0.396 e. The van der Waals surface area contributed by atoms with E-state index >= 15 is 0 Å². The van der Waals surface area contributed by atoms with Crippen LogP contribution in [-0.4, -0.2) is 24.5 Å². The third-order valence-corrected chi connectivity index (χ3v) is 0.964. The van der Waals surface area contributed by atoms with Crippen LogP contribution >= 0.6 is 0 Å². The van der Waals surface area contributed by atoms with Crippen molar-refractivity contribution in [2.24, 2.45) is 11.7 Å². The first-order valence-electron chi connectivity index (χ1n) is 2.61. The van der Waals surface area contributed by atoms with Crippen molar-refractivity contribution in [3.8, 4) is 0 Å². The van der Waals surface area contributed by atoms with Gasteiger partial charge in [0.15, 0.2) is 0 Å². The molecule has 0 amide bonds. The van der Waals surface area contributed by atoms with Gasteiger partial charge in [-0.1, -0.05) is 0 Å². The van der Waals surface area contributed by atoms with Crippen LogP contribution in [0.4, 0.5) is 0 Å². The Bertz CT molecular complexity index is 65.4. The molecule has 0 rings (SSSR count). The second kappa shape index (κ2) is 4.74. The molecular formula is C5H11NO2. The van der Waals surface area contributed by atoms with Gasteiger partial charge in [-0.3, -0.25) is 0 Å². The Labute approximate surface area is 48.5 Å². The van der Waals surface area contributed by atoms with Gasteiger partial charge < -0.3 is 15.6 Å². The number of aliphatic hydroxyl groups excluding tert-OH is 1. The molecular weight excluding hydrogens is 106 g/mol. The summed E-state index contributed by atoms with van der Waals surface area (Å²) in [5, 5.41) is 8.37. The van der Waals surface area contributed by atoms with Crippen molar-refractivity contribution < 1.29 is 9.90 Å². The van der Waals surface area contributed by atoms with Crippen LogP contribution in [0.15, 0.2) is 0 Å². The molecule has 0 aromatic carbocycles. The quantitative estimate of drug-likeness (QED) is 0.471. The number of nitrogens with two attached hydrogens (primary N) is 1. The number of hydrogen-bond donors (Lipinski definition) is 2. The average Bonchev–Trinajstić information content (AvgIpc) is 1.83. The van der Waals surface area contributed by atoms with E-state index in [9.17, 15) is 4.79 Å². The molecule has 0 aliphatic carbocycles. The molecule has 0 aliphatic heterocycles. The van der Waals surface area contributed by atoms with Crippen molar-refractivity contribution in [2.45, 2.75) is 6.42 Å². The Hall–Kier alpha value is -0.410. The van der Waals surface area contributed by atoms with Crippen molar-refractivity contribution in [1.29, 1.82) is 0 Å². The molecule has 8 heavy (non-hydrogen) atoms. The van der Waals surface area contributed by atoms with Crippen molar-refractivity contribution in [1.82, 2.24) is 0 Å². The molecule has 0 fully saturated rings. The standard InChI is InChI=1S/C5H11NO2/c6-2-1-5(3-7)4-8/h3,5,8H,1-2,4,6H2. The summed E-state index contributed by atoms with van der Waals surface area (Å²) in [4.78, 5) is 9.91. The maximum absolute atomic E-state index is 9.91.